The number of benzene rings is 1. The van der Waals surface area contributed by atoms with E-state index in [9.17, 15) is 9.59 Å². The molecule has 0 radical (unpaired) electrons. The van der Waals surface area contributed by atoms with Crippen LogP contribution in [0.4, 0.5) is 0 Å². The zero-order valence-electron chi connectivity index (χ0n) is 16.3. The molecule has 1 aromatic rings. The first-order chi connectivity index (χ1) is 12.5. The van der Waals surface area contributed by atoms with Crippen LogP contribution >= 0.6 is 0 Å². The zero-order chi connectivity index (χ0) is 18.9. The fourth-order valence-corrected chi connectivity index (χ4v) is 3.33. The van der Waals surface area contributed by atoms with Crippen molar-refractivity contribution in [2.24, 2.45) is 5.92 Å². The largest absolute Gasteiger partial charge is 0.494 e. The fourth-order valence-electron chi connectivity index (χ4n) is 3.33. The minimum atomic E-state index is -0.428. The van der Waals surface area contributed by atoms with E-state index in [1.54, 1.807) is 0 Å². The molecule has 1 aliphatic rings. The summed E-state index contributed by atoms with van der Waals surface area (Å²) in [6.07, 6.45) is 4.24. The van der Waals surface area contributed by atoms with E-state index in [2.05, 4.69) is 19.2 Å². The number of nitrogens with one attached hydrogen (secondary N) is 1. The molecule has 0 saturated carbocycles. The summed E-state index contributed by atoms with van der Waals surface area (Å²) in [6, 6.07) is 7.11. The molecule has 1 saturated heterocycles. The molecule has 1 atom stereocenters. The summed E-state index contributed by atoms with van der Waals surface area (Å²) in [4.78, 5) is 27.2. The van der Waals surface area contributed by atoms with Crippen LogP contribution < -0.4 is 10.1 Å². The van der Waals surface area contributed by atoms with Gasteiger partial charge in [0.1, 0.15) is 11.8 Å². The topological polar surface area (TPSA) is 58.6 Å². The van der Waals surface area contributed by atoms with Crippen LogP contribution in [0.3, 0.4) is 0 Å². The number of nitrogens with zero attached hydrogens (tertiary/aromatic N) is 1. The second kappa shape index (κ2) is 10.2. The van der Waals surface area contributed by atoms with Crippen molar-refractivity contribution in [3.05, 3.63) is 29.8 Å². The second-order valence-corrected chi connectivity index (χ2v) is 7.39. The SMILES string of the molecule is CCOc1ccc(CC(=O)N[C@@H](CC(C)C)C(=O)N2CCCCC2)cc1. The van der Waals surface area contributed by atoms with Gasteiger partial charge in [0.2, 0.25) is 11.8 Å². The number of rotatable bonds is 8. The van der Waals surface area contributed by atoms with E-state index in [-0.39, 0.29) is 18.2 Å². The summed E-state index contributed by atoms with van der Waals surface area (Å²) in [5.41, 5.74) is 0.916. The van der Waals surface area contributed by atoms with Crippen molar-refractivity contribution in [3.63, 3.8) is 0 Å². The Bertz CT molecular complexity index is 577. The van der Waals surface area contributed by atoms with E-state index in [1.807, 2.05) is 36.1 Å². The number of carbonyl (C=O) groups excluding carboxylic acids is 2. The van der Waals surface area contributed by atoms with E-state index in [4.69, 9.17) is 4.74 Å². The minimum absolute atomic E-state index is 0.0680. The first kappa shape index (κ1) is 20.3. The molecule has 0 aromatic heterocycles. The van der Waals surface area contributed by atoms with E-state index in [0.29, 0.717) is 18.9 Å². The molecular weight excluding hydrogens is 328 g/mol. The number of hydrogen-bond donors (Lipinski definition) is 1. The normalized spacial score (nSPS) is 15.6. The molecule has 2 rings (SSSR count). The van der Waals surface area contributed by atoms with Crippen molar-refractivity contribution in [1.82, 2.24) is 10.2 Å². The highest BCUT2D eigenvalue weighted by atomic mass is 16.5. The number of hydrogen-bond acceptors (Lipinski definition) is 3. The van der Waals surface area contributed by atoms with Gasteiger partial charge in [0, 0.05) is 13.1 Å². The molecule has 0 spiro atoms. The zero-order valence-corrected chi connectivity index (χ0v) is 16.3. The smallest absolute Gasteiger partial charge is 0.245 e. The molecule has 1 heterocycles. The summed E-state index contributed by atoms with van der Waals surface area (Å²) in [6.45, 7) is 8.33. The highest BCUT2D eigenvalue weighted by Crippen LogP contribution is 2.15. The number of piperidine rings is 1. The van der Waals surface area contributed by atoms with Crippen LogP contribution in [0.5, 0.6) is 5.75 Å². The third kappa shape index (κ3) is 6.36. The lowest BCUT2D eigenvalue weighted by atomic mass is 10.0. The number of amides is 2. The highest BCUT2D eigenvalue weighted by Gasteiger charge is 2.27. The Kier molecular flexibility index (Phi) is 7.95. The molecule has 5 heteroatoms. The van der Waals surface area contributed by atoms with Gasteiger partial charge < -0.3 is 15.0 Å². The molecule has 2 amide bonds. The first-order valence-electron chi connectivity index (χ1n) is 9.79. The Morgan fingerprint density at radius 3 is 2.35 bits per heavy atom. The number of ether oxygens (including phenoxy) is 1. The van der Waals surface area contributed by atoms with Crippen molar-refractivity contribution in [2.75, 3.05) is 19.7 Å². The predicted molar refractivity (Wildman–Crippen MR) is 103 cm³/mol. The van der Waals surface area contributed by atoms with Crippen LogP contribution in [0.15, 0.2) is 24.3 Å². The maximum atomic E-state index is 12.8. The molecule has 0 aliphatic carbocycles. The minimum Gasteiger partial charge on any atom is -0.494 e. The van der Waals surface area contributed by atoms with Crippen molar-refractivity contribution >= 4 is 11.8 Å². The average molecular weight is 360 g/mol. The van der Waals surface area contributed by atoms with Crippen LogP contribution in [0.1, 0.15) is 52.0 Å². The van der Waals surface area contributed by atoms with Gasteiger partial charge in [0.15, 0.2) is 0 Å². The van der Waals surface area contributed by atoms with Gasteiger partial charge in [0.25, 0.3) is 0 Å². The van der Waals surface area contributed by atoms with Gasteiger partial charge in [-0.1, -0.05) is 26.0 Å². The van der Waals surface area contributed by atoms with Crippen LogP contribution in [0.25, 0.3) is 0 Å². The molecule has 0 unspecified atom stereocenters. The molecule has 1 aromatic carbocycles. The summed E-state index contributed by atoms with van der Waals surface area (Å²) < 4.78 is 5.42. The summed E-state index contributed by atoms with van der Waals surface area (Å²) in [5.74, 6) is 1.11. The molecule has 1 fully saturated rings. The number of carbonyl (C=O) groups is 2. The lowest BCUT2D eigenvalue weighted by molar-refractivity contribution is -0.137. The molecule has 26 heavy (non-hydrogen) atoms. The standard InChI is InChI=1S/C21H32N2O3/c1-4-26-18-10-8-17(9-11-18)15-20(24)22-19(14-16(2)3)21(25)23-12-6-5-7-13-23/h8-11,16,19H,4-7,12-15H2,1-3H3,(H,22,24)/t19-/m0/s1. The fraction of sp³-hybridized carbons (Fsp3) is 0.619. The molecule has 1 N–H and O–H groups in total. The maximum absolute atomic E-state index is 12.8. The van der Waals surface area contributed by atoms with Gasteiger partial charge in [-0.3, -0.25) is 9.59 Å². The lowest BCUT2D eigenvalue weighted by Gasteiger charge is -2.31. The van der Waals surface area contributed by atoms with Gasteiger partial charge in [-0.15, -0.1) is 0 Å². The van der Waals surface area contributed by atoms with Gasteiger partial charge in [-0.05, 0) is 56.2 Å². The van der Waals surface area contributed by atoms with Crippen molar-refractivity contribution in [1.29, 1.82) is 0 Å². The average Bonchev–Trinajstić information content (AvgIpc) is 2.63. The van der Waals surface area contributed by atoms with E-state index < -0.39 is 6.04 Å². The maximum Gasteiger partial charge on any atom is 0.245 e. The third-order valence-corrected chi connectivity index (χ3v) is 4.61. The van der Waals surface area contributed by atoms with Crippen LogP contribution in [0.2, 0.25) is 0 Å². The highest BCUT2D eigenvalue weighted by molar-refractivity contribution is 5.88. The van der Waals surface area contributed by atoms with Gasteiger partial charge in [-0.25, -0.2) is 0 Å². The van der Waals surface area contributed by atoms with E-state index >= 15 is 0 Å². The van der Waals surface area contributed by atoms with Crippen molar-refractivity contribution in [2.45, 2.75) is 58.9 Å². The van der Waals surface area contributed by atoms with Crippen LogP contribution in [0, 0.1) is 5.92 Å². The van der Waals surface area contributed by atoms with Crippen molar-refractivity contribution < 1.29 is 14.3 Å². The molecule has 144 valence electrons. The molecule has 5 nitrogen and oxygen atoms in total. The monoisotopic (exact) mass is 360 g/mol. The van der Waals surface area contributed by atoms with Gasteiger partial charge in [-0.2, -0.15) is 0 Å². The summed E-state index contributed by atoms with van der Waals surface area (Å²) in [5, 5.41) is 2.97. The predicted octanol–water partition coefficient (Wildman–Crippen LogP) is 3.17. The lowest BCUT2D eigenvalue weighted by Crippen LogP contribution is -2.50. The Morgan fingerprint density at radius 2 is 1.77 bits per heavy atom. The second-order valence-electron chi connectivity index (χ2n) is 7.39. The summed E-state index contributed by atoms with van der Waals surface area (Å²) in [7, 11) is 0. The quantitative estimate of drug-likeness (QED) is 0.775. The van der Waals surface area contributed by atoms with Crippen LogP contribution in [-0.4, -0.2) is 42.5 Å². The van der Waals surface area contributed by atoms with E-state index in [1.165, 1.54) is 6.42 Å². The van der Waals surface area contributed by atoms with Gasteiger partial charge in [0.05, 0.1) is 13.0 Å². The Labute approximate surface area is 157 Å². The first-order valence-corrected chi connectivity index (χ1v) is 9.79. The third-order valence-electron chi connectivity index (χ3n) is 4.61. The van der Waals surface area contributed by atoms with Gasteiger partial charge >= 0.3 is 0 Å². The van der Waals surface area contributed by atoms with E-state index in [0.717, 1.165) is 37.2 Å². The number of likely N-dealkylation sites (tertiary alicyclic amines) is 1. The Morgan fingerprint density at radius 1 is 1.12 bits per heavy atom. The molecule has 0 bridgehead atoms. The molecular formula is C21H32N2O3. The molecule has 1 aliphatic heterocycles. The van der Waals surface area contributed by atoms with Crippen molar-refractivity contribution in [3.8, 4) is 5.75 Å². The Hall–Kier alpha value is -2.04. The summed E-state index contributed by atoms with van der Waals surface area (Å²) >= 11 is 0. The Balaban J connectivity index is 1.95. The van der Waals surface area contributed by atoms with Crippen LogP contribution in [-0.2, 0) is 16.0 Å².